The molecule has 2 unspecified atom stereocenters. The molecule has 0 aliphatic carbocycles. The van der Waals surface area contributed by atoms with Crippen LogP contribution in [0.15, 0.2) is 22.8 Å². The molecule has 0 bridgehead atoms. The maximum absolute atomic E-state index is 12.5. The zero-order valence-electron chi connectivity index (χ0n) is 12.5. The van der Waals surface area contributed by atoms with E-state index in [4.69, 9.17) is 4.42 Å². The van der Waals surface area contributed by atoms with Crippen LogP contribution >= 0.6 is 0 Å². The quantitative estimate of drug-likeness (QED) is 0.874. The van der Waals surface area contributed by atoms with Gasteiger partial charge in [0.15, 0.2) is 0 Å². The molecule has 2 N–H and O–H groups in total. The van der Waals surface area contributed by atoms with E-state index in [0.717, 1.165) is 12.8 Å². The van der Waals surface area contributed by atoms with E-state index in [1.807, 2.05) is 13.8 Å². The van der Waals surface area contributed by atoms with E-state index in [2.05, 4.69) is 5.32 Å². The van der Waals surface area contributed by atoms with Crippen LogP contribution in [0.4, 0.5) is 4.79 Å². The Morgan fingerprint density at radius 3 is 2.90 bits per heavy atom. The Balaban J connectivity index is 2.11. The Hall–Kier alpha value is -1.98. The Kier molecular flexibility index (Phi) is 4.55. The van der Waals surface area contributed by atoms with Crippen molar-refractivity contribution in [2.24, 2.45) is 0 Å². The highest BCUT2D eigenvalue weighted by Gasteiger charge is 2.49. The van der Waals surface area contributed by atoms with Gasteiger partial charge in [-0.1, -0.05) is 13.3 Å². The lowest BCUT2D eigenvalue weighted by molar-refractivity contribution is -0.148. The minimum absolute atomic E-state index is 0.291. The van der Waals surface area contributed by atoms with Crippen LogP contribution in [0.2, 0.25) is 0 Å². The van der Waals surface area contributed by atoms with Crippen LogP contribution in [0, 0.1) is 0 Å². The first-order valence-corrected chi connectivity index (χ1v) is 7.36. The molecule has 1 aromatic rings. The second kappa shape index (κ2) is 6.20. The number of likely N-dealkylation sites (tertiary alicyclic amines) is 1. The normalized spacial score (nSPS) is 23.0. The molecule has 0 radical (unpaired) electrons. The van der Waals surface area contributed by atoms with Gasteiger partial charge < -0.3 is 19.7 Å². The Morgan fingerprint density at radius 2 is 2.33 bits per heavy atom. The number of furan rings is 1. The summed E-state index contributed by atoms with van der Waals surface area (Å²) in [5.41, 5.74) is -1.07. The smallest absolute Gasteiger partial charge is 0.329 e. The molecule has 6 nitrogen and oxygen atoms in total. The van der Waals surface area contributed by atoms with E-state index in [1.54, 1.807) is 18.4 Å². The van der Waals surface area contributed by atoms with Crippen molar-refractivity contribution in [1.29, 1.82) is 0 Å². The summed E-state index contributed by atoms with van der Waals surface area (Å²) in [4.78, 5) is 25.6. The van der Waals surface area contributed by atoms with Gasteiger partial charge in [-0.05, 0) is 38.3 Å². The molecule has 1 aliphatic rings. The lowest BCUT2D eigenvalue weighted by Crippen LogP contribution is -2.56. The van der Waals surface area contributed by atoms with Gasteiger partial charge in [-0.15, -0.1) is 0 Å². The van der Waals surface area contributed by atoms with E-state index in [1.165, 1.54) is 4.90 Å². The average molecular weight is 294 g/mol. The molecule has 0 saturated carbocycles. The van der Waals surface area contributed by atoms with Crippen LogP contribution in [-0.4, -0.2) is 34.1 Å². The largest absolute Gasteiger partial charge is 0.479 e. The molecule has 0 aromatic carbocycles. The monoisotopic (exact) mass is 294 g/mol. The number of nitrogens with one attached hydrogen (secondary N) is 1. The van der Waals surface area contributed by atoms with Crippen molar-refractivity contribution in [3.05, 3.63) is 24.2 Å². The van der Waals surface area contributed by atoms with E-state index in [9.17, 15) is 14.7 Å². The van der Waals surface area contributed by atoms with Crippen molar-refractivity contribution < 1.29 is 19.1 Å². The third-order valence-electron chi connectivity index (χ3n) is 4.11. The third kappa shape index (κ3) is 2.89. The summed E-state index contributed by atoms with van der Waals surface area (Å²) in [6.45, 7) is 4.22. The number of hydrogen-bond acceptors (Lipinski definition) is 3. The zero-order valence-corrected chi connectivity index (χ0v) is 12.5. The SMILES string of the molecule is CCCC1(C(=O)O)CCCN1C(=O)NC(C)c1ccco1. The minimum atomic E-state index is -1.07. The van der Waals surface area contributed by atoms with Gasteiger partial charge >= 0.3 is 12.0 Å². The Bertz CT molecular complexity index is 500. The van der Waals surface area contributed by atoms with Gasteiger partial charge in [0.2, 0.25) is 0 Å². The molecule has 2 heterocycles. The van der Waals surface area contributed by atoms with E-state index < -0.39 is 11.5 Å². The number of carbonyl (C=O) groups excluding carboxylic acids is 1. The van der Waals surface area contributed by atoms with Crippen LogP contribution in [0.25, 0.3) is 0 Å². The lowest BCUT2D eigenvalue weighted by Gasteiger charge is -2.35. The van der Waals surface area contributed by atoms with Crippen LogP contribution < -0.4 is 5.32 Å². The van der Waals surface area contributed by atoms with Crippen molar-refractivity contribution in [1.82, 2.24) is 10.2 Å². The average Bonchev–Trinajstić information content (AvgIpc) is 3.08. The van der Waals surface area contributed by atoms with Crippen molar-refractivity contribution in [2.75, 3.05) is 6.54 Å². The number of amides is 2. The van der Waals surface area contributed by atoms with E-state index in [-0.39, 0.29) is 12.1 Å². The summed E-state index contributed by atoms with van der Waals surface area (Å²) in [6, 6.07) is 2.91. The highest BCUT2D eigenvalue weighted by molar-refractivity contribution is 5.87. The number of urea groups is 1. The van der Waals surface area contributed by atoms with Crippen molar-refractivity contribution in [2.45, 2.75) is 51.1 Å². The predicted octanol–water partition coefficient (Wildman–Crippen LogP) is 2.77. The molecule has 2 amide bonds. The summed E-state index contributed by atoms with van der Waals surface area (Å²) >= 11 is 0. The first-order chi connectivity index (χ1) is 10.0. The number of rotatable bonds is 5. The second-order valence-corrected chi connectivity index (χ2v) is 5.53. The van der Waals surface area contributed by atoms with Gasteiger partial charge in [0.05, 0.1) is 12.3 Å². The van der Waals surface area contributed by atoms with Gasteiger partial charge in [0.25, 0.3) is 0 Å². The summed E-state index contributed by atoms with van der Waals surface area (Å²) in [6.07, 6.45) is 3.98. The molecule has 116 valence electrons. The number of nitrogens with zero attached hydrogens (tertiary/aromatic N) is 1. The predicted molar refractivity (Wildman–Crippen MR) is 76.9 cm³/mol. The van der Waals surface area contributed by atoms with Gasteiger partial charge in [-0.2, -0.15) is 0 Å². The Labute approximate surface area is 124 Å². The maximum Gasteiger partial charge on any atom is 0.329 e. The first-order valence-electron chi connectivity index (χ1n) is 7.36. The molecule has 2 atom stereocenters. The van der Waals surface area contributed by atoms with Gasteiger partial charge in [-0.3, -0.25) is 0 Å². The molecule has 2 rings (SSSR count). The molecule has 1 aromatic heterocycles. The number of aliphatic carboxylic acids is 1. The maximum atomic E-state index is 12.5. The van der Waals surface area contributed by atoms with Crippen molar-refractivity contribution >= 4 is 12.0 Å². The van der Waals surface area contributed by atoms with Crippen molar-refractivity contribution in [3.8, 4) is 0 Å². The first kappa shape index (κ1) is 15.4. The summed E-state index contributed by atoms with van der Waals surface area (Å²) in [5.74, 6) is -0.262. The summed E-state index contributed by atoms with van der Waals surface area (Å²) in [7, 11) is 0. The molecule has 21 heavy (non-hydrogen) atoms. The fraction of sp³-hybridized carbons (Fsp3) is 0.600. The highest BCUT2D eigenvalue weighted by atomic mass is 16.4. The summed E-state index contributed by atoms with van der Waals surface area (Å²) < 4.78 is 5.26. The number of carboxylic acids is 1. The fourth-order valence-corrected chi connectivity index (χ4v) is 3.05. The minimum Gasteiger partial charge on any atom is -0.479 e. The zero-order chi connectivity index (χ0) is 15.5. The van der Waals surface area contributed by atoms with Gasteiger partial charge in [0, 0.05) is 6.54 Å². The second-order valence-electron chi connectivity index (χ2n) is 5.53. The number of carboxylic acid groups (broad SMARTS) is 1. The van der Waals surface area contributed by atoms with Crippen LogP contribution in [0.1, 0.15) is 51.3 Å². The molecule has 6 heteroatoms. The fourth-order valence-electron chi connectivity index (χ4n) is 3.05. The molecule has 1 saturated heterocycles. The third-order valence-corrected chi connectivity index (χ3v) is 4.11. The van der Waals surface area contributed by atoms with Crippen LogP contribution in [0.3, 0.4) is 0 Å². The Morgan fingerprint density at radius 1 is 1.57 bits per heavy atom. The summed E-state index contributed by atoms with van der Waals surface area (Å²) in [5, 5.41) is 12.4. The van der Waals surface area contributed by atoms with Crippen LogP contribution in [-0.2, 0) is 4.79 Å². The molecular weight excluding hydrogens is 272 g/mol. The van der Waals surface area contributed by atoms with E-state index in [0.29, 0.717) is 25.1 Å². The van der Waals surface area contributed by atoms with Crippen molar-refractivity contribution in [3.63, 3.8) is 0 Å². The lowest BCUT2D eigenvalue weighted by atomic mass is 9.91. The molecule has 1 fully saturated rings. The standard InChI is InChI=1S/C15H22N2O4/c1-3-7-15(13(18)19)8-5-9-17(15)14(20)16-11(2)12-6-4-10-21-12/h4,6,10-11H,3,5,7-9H2,1-2H3,(H,16,20)(H,18,19). The highest BCUT2D eigenvalue weighted by Crippen LogP contribution is 2.34. The van der Waals surface area contributed by atoms with E-state index >= 15 is 0 Å². The topological polar surface area (TPSA) is 82.8 Å². The van der Waals surface area contributed by atoms with Gasteiger partial charge in [-0.25, -0.2) is 9.59 Å². The molecule has 0 spiro atoms. The molecular formula is C15H22N2O4. The number of carbonyl (C=O) groups is 2. The van der Waals surface area contributed by atoms with Crippen LogP contribution in [0.5, 0.6) is 0 Å². The number of hydrogen-bond donors (Lipinski definition) is 2. The van der Waals surface area contributed by atoms with Gasteiger partial charge in [0.1, 0.15) is 11.3 Å². The molecule has 1 aliphatic heterocycles.